The van der Waals surface area contributed by atoms with Gasteiger partial charge in [0, 0.05) is 42.5 Å². The van der Waals surface area contributed by atoms with E-state index in [1.165, 1.54) is 26.0 Å². The minimum Gasteiger partial charge on any atom is -0.508 e. The van der Waals surface area contributed by atoms with Crippen molar-refractivity contribution in [2.75, 3.05) is 31.9 Å². The summed E-state index contributed by atoms with van der Waals surface area (Å²) in [4.78, 5) is 128. The first kappa shape index (κ1) is 48.3. The molecule has 10 atom stereocenters. The number of aliphatic hydroxyl groups is 2. The molecule has 344 valence electrons. The molecule has 0 spiro atoms. The molecule has 8 amide bonds. The summed E-state index contributed by atoms with van der Waals surface area (Å²) in [5, 5.41) is 50.8. The number of carbonyl (C=O) groups excluding carboxylic acids is 9. The van der Waals surface area contributed by atoms with E-state index in [0.717, 1.165) is 16.7 Å². The third kappa shape index (κ3) is 12.0. The van der Waals surface area contributed by atoms with Gasteiger partial charge in [0.2, 0.25) is 47.3 Å². The van der Waals surface area contributed by atoms with Gasteiger partial charge < -0.3 is 68.2 Å². The molecule has 1 aromatic carbocycles. The van der Waals surface area contributed by atoms with Gasteiger partial charge in [-0.15, -0.1) is 11.8 Å². The van der Waals surface area contributed by atoms with E-state index in [1.54, 1.807) is 19.9 Å². The van der Waals surface area contributed by atoms with E-state index in [0.29, 0.717) is 27.9 Å². The van der Waals surface area contributed by atoms with Crippen molar-refractivity contribution in [3.8, 4) is 5.75 Å². The van der Waals surface area contributed by atoms with E-state index >= 15 is 0 Å². The lowest BCUT2D eigenvalue weighted by Crippen LogP contribution is -2.61. The molecular weight excluding hydrogens is 845 g/mol. The SMILES string of the molecule is CC[C@H](C)[C@@H]1NC(=O)CNCC(=O)[C@H]2Cc3c([nH]c4cc(O)ccc34)SC[C@@H](NC(=O)CNC1=O)C(=O)N[C@H](CC(N)=O)C(=O)N1C[C@H](O)C[C@@H]1C(=O)N[C@H]([C@@H](C)[C@@H](C)O)C(=O)N2. The van der Waals surface area contributed by atoms with Gasteiger partial charge in [-0.2, -0.15) is 0 Å². The number of aromatic nitrogens is 1. The van der Waals surface area contributed by atoms with Crippen molar-refractivity contribution in [2.45, 2.75) is 107 Å². The maximum atomic E-state index is 14.4. The van der Waals surface area contributed by atoms with Crippen LogP contribution in [-0.4, -0.2) is 159 Å². The van der Waals surface area contributed by atoms with E-state index in [-0.39, 0.29) is 24.3 Å². The summed E-state index contributed by atoms with van der Waals surface area (Å²) in [6, 6.07) is -4.32. The van der Waals surface area contributed by atoms with E-state index in [1.807, 2.05) is 0 Å². The van der Waals surface area contributed by atoms with Crippen molar-refractivity contribution < 1.29 is 58.5 Å². The molecule has 1 aromatic heterocycles. The summed E-state index contributed by atoms with van der Waals surface area (Å²) in [5.74, 6) is -9.49. The topological polar surface area (TPSA) is 344 Å². The lowest BCUT2D eigenvalue weighted by Gasteiger charge is -2.32. The number of amides is 8. The molecule has 3 aliphatic heterocycles. The number of nitrogens with zero attached hydrogens (tertiary/aromatic N) is 1. The molecule has 0 saturated carbocycles. The number of benzene rings is 1. The molecule has 4 heterocycles. The van der Waals surface area contributed by atoms with Crippen molar-refractivity contribution in [1.29, 1.82) is 0 Å². The summed E-state index contributed by atoms with van der Waals surface area (Å²) >= 11 is 0.991. The Morgan fingerprint density at radius 2 is 1.59 bits per heavy atom. The first-order chi connectivity index (χ1) is 29.8. The molecular formula is C40H56N10O12S. The minimum absolute atomic E-state index is 0.117. The van der Waals surface area contributed by atoms with Crippen LogP contribution in [0.15, 0.2) is 23.2 Å². The number of aromatic hydroxyl groups is 1. The number of phenols is 1. The Balaban J connectivity index is 1.68. The number of fused-ring (bicyclic) bond motifs is 5. The molecule has 2 bridgehead atoms. The molecule has 2 aromatic rings. The highest BCUT2D eigenvalue weighted by Gasteiger charge is 2.44. The lowest BCUT2D eigenvalue weighted by molar-refractivity contribution is -0.144. The second-order valence-corrected chi connectivity index (χ2v) is 17.3. The molecule has 63 heavy (non-hydrogen) atoms. The standard InChI is InChI=1S/C40H56N10O12S/c1-5-17(2)33-37(60)43-14-32(57)44-27-16-63-39-23(22-7-6-20(52)8-24(22)47-39)10-25(29(54)12-42-13-31(56)48-33)45-38(61)34(18(3)19(4)51)49-36(59)28-9-21(53)15-50(28)40(62)26(11-30(41)55)46-35(27)58/h6-8,17-19,21,25-28,33-34,42,47,51-53H,5,9-16H2,1-4H3,(H2,41,55)(H,43,60)(H,44,57)(H,45,61)(H,46,58)(H,48,56)(H,49,59)/t17-,18-,19+,21+,25+,26+,27+,28+,33-,34+/m0/s1. The lowest BCUT2D eigenvalue weighted by atomic mass is 9.94. The molecule has 13 N–H and O–H groups in total. The van der Waals surface area contributed by atoms with Crippen molar-refractivity contribution in [3.05, 3.63) is 23.8 Å². The maximum absolute atomic E-state index is 14.4. The van der Waals surface area contributed by atoms with Crippen LogP contribution in [0.2, 0.25) is 0 Å². The van der Waals surface area contributed by atoms with E-state index in [2.05, 4.69) is 42.2 Å². The number of H-pyrrole nitrogens is 1. The largest absolute Gasteiger partial charge is 0.508 e. The minimum atomic E-state index is -1.71. The fourth-order valence-electron chi connectivity index (χ4n) is 7.62. The van der Waals surface area contributed by atoms with Crippen LogP contribution in [0.5, 0.6) is 5.75 Å². The van der Waals surface area contributed by atoms with Crippen LogP contribution in [0.3, 0.4) is 0 Å². The number of primary amides is 1. The number of phenolic OH excluding ortho intramolecular Hbond substituents is 1. The van der Waals surface area contributed by atoms with Crippen molar-refractivity contribution in [3.63, 3.8) is 0 Å². The molecule has 0 aliphatic carbocycles. The average Bonchev–Trinajstić information content (AvgIpc) is 3.78. The predicted molar refractivity (Wildman–Crippen MR) is 225 cm³/mol. The number of hydrogen-bond donors (Lipinski definition) is 12. The number of ketones is 1. The quantitative estimate of drug-likeness (QED) is 0.132. The number of nitrogens with one attached hydrogen (secondary N) is 8. The summed E-state index contributed by atoms with van der Waals surface area (Å²) in [5.41, 5.74) is 6.32. The van der Waals surface area contributed by atoms with Gasteiger partial charge in [-0.05, 0) is 30.5 Å². The van der Waals surface area contributed by atoms with E-state index in [9.17, 15) is 58.5 Å². The van der Waals surface area contributed by atoms with Crippen LogP contribution in [0, 0.1) is 11.8 Å². The number of rotatable bonds is 6. The Bertz CT molecular complexity index is 2110. The van der Waals surface area contributed by atoms with Gasteiger partial charge in [0.25, 0.3) is 0 Å². The van der Waals surface area contributed by atoms with Crippen molar-refractivity contribution in [1.82, 2.24) is 47.1 Å². The Kier molecular flexibility index (Phi) is 16.1. The predicted octanol–water partition coefficient (Wildman–Crippen LogP) is -3.87. The van der Waals surface area contributed by atoms with Crippen LogP contribution < -0.4 is 43.0 Å². The van der Waals surface area contributed by atoms with Gasteiger partial charge in [-0.3, -0.25) is 43.2 Å². The number of Topliss-reactive ketones (excluding diaryl/α,β-unsaturated/α-hetero) is 1. The number of aromatic amines is 1. The average molecular weight is 901 g/mol. The molecule has 23 heteroatoms. The summed E-state index contributed by atoms with van der Waals surface area (Å²) in [7, 11) is 0. The maximum Gasteiger partial charge on any atom is 0.246 e. The van der Waals surface area contributed by atoms with Crippen LogP contribution in [0.1, 0.15) is 52.5 Å². The highest BCUT2D eigenvalue weighted by molar-refractivity contribution is 7.99. The number of aliphatic hydroxyl groups excluding tert-OH is 2. The zero-order chi connectivity index (χ0) is 46.3. The molecule has 3 aliphatic rings. The molecule has 0 radical (unpaired) electrons. The zero-order valence-corrected chi connectivity index (χ0v) is 36.1. The first-order valence-electron chi connectivity index (χ1n) is 20.7. The van der Waals surface area contributed by atoms with Gasteiger partial charge in [0.05, 0.1) is 54.8 Å². The van der Waals surface area contributed by atoms with Gasteiger partial charge in [-0.25, -0.2) is 0 Å². The Morgan fingerprint density at radius 1 is 0.873 bits per heavy atom. The Morgan fingerprint density at radius 3 is 2.27 bits per heavy atom. The van der Waals surface area contributed by atoms with Crippen LogP contribution in [-0.2, 0) is 49.6 Å². The van der Waals surface area contributed by atoms with Gasteiger partial charge >= 0.3 is 0 Å². The van der Waals surface area contributed by atoms with Gasteiger partial charge in [0.15, 0.2) is 5.78 Å². The molecule has 0 unspecified atom stereocenters. The molecule has 5 rings (SSSR count). The third-order valence-electron chi connectivity index (χ3n) is 11.6. The number of thioether (sulfide) groups is 1. The second kappa shape index (κ2) is 21.1. The molecule has 1 fully saturated rings. The summed E-state index contributed by atoms with van der Waals surface area (Å²) in [6.07, 6.45) is -3.32. The molecule has 1 saturated heterocycles. The van der Waals surface area contributed by atoms with Gasteiger partial charge in [-0.1, -0.05) is 27.2 Å². The summed E-state index contributed by atoms with van der Waals surface area (Å²) < 4.78 is 0. The van der Waals surface area contributed by atoms with Crippen LogP contribution >= 0.6 is 11.8 Å². The third-order valence-corrected chi connectivity index (χ3v) is 12.7. The van der Waals surface area contributed by atoms with Crippen molar-refractivity contribution in [2.24, 2.45) is 17.6 Å². The summed E-state index contributed by atoms with van der Waals surface area (Å²) in [6.45, 7) is 4.38. The fourth-order valence-corrected chi connectivity index (χ4v) is 8.74. The van der Waals surface area contributed by atoms with Crippen molar-refractivity contribution >= 4 is 75.7 Å². The Labute approximate surface area is 366 Å². The van der Waals surface area contributed by atoms with E-state index < -0.39 is 146 Å². The number of carbonyl (C=O) groups is 9. The van der Waals surface area contributed by atoms with E-state index in [4.69, 9.17) is 5.73 Å². The fraction of sp³-hybridized carbons (Fsp3) is 0.575. The number of nitrogens with two attached hydrogens (primary N) is 1. The normalized spacial score (nSPS) is 27.9. The smallest absolute Gasteiger partial charge is 0.246 e. The Hall–Kier alpha value is -5.78. The highest BCUT2D eigenvalue weighted by Crippen LogP contribution is 2.33. The second-order valence-electron chi connectivity index (χ2n) is 16.3. The number of hydrogen-bond acceptors (Lipinski definition) is 14. The molecule has 22 nitrogen and oxygen atoms in total. The highest BCUT2D eigenvalue weighted by atomic mass is 32.2. The monoisotopic (exact) mass is 900 g/mol. The van der Waals surface area contributed by atoms with Gasteiger partial charge in [0.1, 0.15) is 36.0 Å². The zero-order valence-electron chi connectivity index (χ0n) is 35.3. The van der Waals surface area contributed by atoms with Crippen LogP contribution in [0.25, 0.3) is 10.9 Å². The first-order valence-corrected chi connectivity index (χ1v) is 21.7. The van der Waals surface area contributed by atoms with Crippen LogP contribution in [0.4, 0.5) is 0 Å².